The zero-order valence-corrected chi connectivity index (χ0v) is 18.7. The standard InChI is InChI=1S/C27H31N2O/c1-16-15-17(2)21(25-28-13-8-14-29(25)7)24-20(16)22-19(30-24)10-9-18-23(22)27(5,6)12-11-26(18,3)4/h8-10,13-15H,11-12H2,1-7H3/q+1/i1D3. The molecule has 30 heavy (non-hydrogen) atoms. The van der Waals surface area contributed by atoms with Crippen molar-refractivity contribution in [3.63, 3.8) is 0 Å². The van der Waals surface area contributed by atoms with Crippen LogP contribution in [0.5, 0.6) is 0 Å². The number of hydrogen-bond acceptors (Lipinski definition) is 2. The number of fused-ring (bicyclic) bond motifs is 5. The quantitative estimate of drug-likeness (QED) is 0.343. The molecule has 0 amide bonds. The first-order valence-electron chi connectivity index (χ1n) is 12.2. The van der Waals surface area contributed by atoms with E-state index in [4.69, 9.17) is 8.53 Å². The van der Waals surface area contributed by atoms with Gasteiger partial charge in [0.05, 0.1) is 13.2 Å². The van der Waals surface area contributed by atoms with Gasteiger partial charge >= 0.3 is 5.82 Å². The first-order chi connectivity index (χ1) is 15.3. The molecular weight excluding hydrogens is 368 g/mol. The van der Waals surface area contributed by atoms with E-state index in [1.165, 1.54) is 11.1 Å². The van der Waals surface area contributed by atoms with E-state index in [0.717, 1.165) is 40.8 Å². The minimum atomic E-state index is -2.26. The summed E-state index contributed by atoms with van der Waals surface area (Å²) in [5, 5.41) is 1.66. The van der Waals surface area contributed by atoms with Gasteiger partial charge in [-0.05, 0) is 70.8 Å². The maximum Gasteiger partial charge on any atom is 0.334 e. The lowest BCUT2D eigenvalue weighted by atomic mass is 9.62. The first kappa shape index (κ1) is 16.1. The van der Waals surface area contributed by atoms with Crippen LogP contribution in [0.4, 0.5) is 0 Å². The summed E-state index contributed by atoms with van der Waals surface area (Å²) in [6.45, 7) is 8.77. The van der Waals surface area contributed by atoms with E-state index in [1.54, 1.807) is 6.20 Å². The van der Waals surface area contributed by atoms with Gasteiger partial charge in [-0.3, -0.25) is 0 Å². The third kappa shape index (κ3) is 2.57. The van der Waals surface area contributed by atoms with Crippen LogP contribution in [0, 0.1) is 13.8 Å². The lowest BCUT2D eigenvalue weighted by Gasteiger charge is -2.42. The second-order valence-electron chi connectivity index (χ2n) is 10.1. The molecule has 0 unspecified atom stereocenters. The Kier molecular flexibility index (Phi) is 3.30. The summed E-state index contributed by atoms with van der Waals surface area (Å²) >= 11 is 0. The highest BCUT2D eigenvalue weighted by atomic mass is 16.3. The van der Waals surface area contributed by atoms with Crippen molar-refractivity contribution in [3.8, 4) is 11.4 Å². The normalized spacial score (nSPS) is 19.3. The highest BCUT2D eigenvalue weighted by molar-refractivity contribution is 6.13. The fourth-order valence-electron chi connectivity index (χ4n) is 5.28. The fourth-order valence-corrected chi connectivity index (χ4v) is 5.28. The Labute approximate surface area is 183 Å². The number of aromatic nitrogens is 2. The van der Waals surface area contributed by atoms with Gasteiger partial charge in [-0.15, -0.1) is 0 Å². The third-order valence-electron chi connectivity index (χ3n) is 7.04. The van der Waals surface area contributed by atoms with Gasteiger partial charge in [-0.1, -0.05) is 39.8 Å². The smallest absolute Gasteiger partial charge is 0.334 e. The average Bonchev–Trinajstić information content (AvgIpc) is 3.09. The van der Waals surface area contributed by atoms with Gasteiger partial charge in [0, 0.05) is 21.0 Å². The highest BCUT2D eigenvalue weighted by Gasteiger charge is 2.39. The summed E-state index contributed by atoms with van der Waals surface area (Å²) in [7, 11) is 1.95. The van der Waals surface area contributed by atoms with Crippen LogP contribution in [0.1, 0.15) is 66.9 Å². The summed E-state index contributed by atoms with van der Waals surface area (Å²) in [5.41, 5.74) is 5.83. The number of furan rings is 1. The van der Waals surface area contributed by atoms with E-state index in [2.05, 4.69) is 38.7 Å². The van der Waals surface area contributed by atoms with Crippen LogP contribution in [0.25, 0.3) is 33.3 Å². The molecule has 154 valence electrons. The average molecular weight is 403 g/mol. The van der Waals surface area contributed by atoms with E-state index in [9.17, 15) is 0 Å². The van der Waals surface area contributed by atoms with E-state index >= 15 is 0 Å². The predicted octanol–water partition coefficient (Wildman–Crippen LogP) is 6.44. The van der Waals surface area contributed by atoms with Crippen molar-refractivity contribution in [3.05, 3.63) is 58.9 Å². The summed E-state index contributed by atoms with van der Waals surface area (Å²) in [6.07, 6.45) is 5.83. The number of aryl methyl sites for hydroxylation is 3. The molecule has 0 spiro atoms. The van der Waals surface area contributed by atoms with Crippen LogP contribution >= 0.6 is 0 Å². The molecule has 5 rings (SSSR count). The van der Waals surface area contributed by atoms with Crippen LogP contribution in [0.2, 0.25) is 0 Å². The van der Waals surface area contributed by atoms with E-state index in [1.807, 2.05) is 42.9 Å². The molecule has 4 aromatic rings. The second kappa shape index (κ2) is 6.16. The van der Waals surface area contributed by atoms with Crippen LogP contribution in [-0.4, -0.2) is 4.98 Å². The molecular formula is C27H31N2O+. The largest absolute Gasteiger partial charge is 0.455 e. The predicted molar refractivity (Wildman–Crippen MR) is 123 cm³/mol. The van der Waals surface area contributed by atoms with E-state index in [-0.39, 0.29) is 10.8 Å². The highest BCUT2D eigenvalue weighted by Crippen LogP contribution is 2.51. The molecule has 0 fully saturated rings. The maximum atomic E-state index is 8.37. The Hall–Kier alpha value is -2.68. The maximum absolute atomic E-state index is 8.37. The van der Waals surface area contributed by atoms with Crippen LogP contribution < -0.4 is 4.57 Å². The number of rotatable bonds is 1. The van der Waals surface area contributed by atoms with Gasteiger partial charge in [-0.2, -0.15) is 0 Å². The molecule has 0 N–H and O–H groups in total. The van der Waals surface area contributed by atoms with Crippen molar-refractivity contribution in [2.45, 2.75) is 65.1 Å². The second-order valence-corrected chi connectivity index (χ2v) is 10.1. The summed E-state index contributed by atoms with van der Waals surface area (Å²) < 4.78 is 33.6. The molecule has 1 aliphatic rings. The third-order valence-corrected chi connectivity index (χ3v) is 7.04. The molecule has 2 aromatic heterocycles. The molecule has 2 heterocycles. The van der Waals surface area contributed by atoms with Gasteiger partial charge in [0.2, 0.25) is 0 Å². The van der Waals surface area contributed by atoms with Crippen LogP contribution in [0.3, 0.4) is 0 Å². The van der Waals surface area contributed by atoms with Gasteiger partial charge in [0.15, 0.2) is 5.58 Å². The topological polar surface area (TPSA) is 29.9 Å². The molecule has 0 saturated carbocycles. The van der Waals surface area contributed by atoms with E-state index in [0.29, 0.717) is 16.5 Å². The molecule has 0 aliphatic heterocycles. The number of hydrogen-bond donors (Lipinski definition) is 0. The van der Waals surface area contributed by atoms with Crippen LogP contribution in [0.15, 0.2) is 41.1 Å². The van der Waals surface area contributed by atoms with Crippen molar-refractivity contribution in [2.24, 2.45) is 7.05 Å². The first-order valence-corrected chi connectivity index (χ1v) is 10.7. The Morgan fingerprint density at radius 1 is 1.07 bits per heavy atom. The summed E-state index contributed by atoms with van der Waals surface area (Å²) in [4.78, 5) is 4.62. The van der Waals surface area contributed by atoms with Crippen molar-refractivity contribution < 1.29 is 13.1 Å². The van der Waals surface area contributed by atoms with Gasteiger partial charge in [-0.25, -0.2) is 4.57 Å². The monoisotopic (exact) mass is 402 g/mol. The fraction of sp³-hybridized carbons (Fsp3) is 0.407. The lowest BCUT2D eigenvalue weighted by Crippen LogP contribution is -2.33. The molecule has 1 aliphatic carbocycles. The summed E-state index contributed by atoms with van der Waals surface area (Å²) in [6, 6.07) is 7.91. The molecule has 3 heteroatoms. The number of benzene rings is 2. The number of nitrogens with zero attached hydrogens (tertiary/aromatic N) is 2. The van der Waals surface area contributed by atoms with E-state index < -0.39 is 6.85 Å². The Morgan fingerprint density at radius 2 is 1.83 bits per heavy atom. The molecule has 0 atom stereocenters. The van der Waals surface area contributed by atoms with Crippen LogP contribution in [-0.2, 0) is 17.9 Å². The molecule has 0 saturated heterocycles. The van der Waals surface area contributed by atoms with Crippen molar-refractivity contribution in [2.75, 3.05) is 0 Å². The Morgan fingerprint density at radius 3 is 2.57 bits per heavy atom. The molecule has 0 radical (unpaired) electrons. The lowest BCUT2D eigenvalue weighted by molar-refractivity contribution is -0.663. The van der Waals surface area contributed by atoms with Crippen molar-refractivity contribution in [1.82, 2.24) is 4.98 Å². The summed E-state index contributed by atoms with van der Waals surface area (Å²) in [5.74, 6) is 0.754. The SMILES string of the molecule is [2H]C([2H])([2H])c1cc(C)c(-c2nccc[n+]2C)c2oc3ccc4c(c3c12)C(C)(C)CCC4(C)C. The zero-order chi connectivity index (χ0) is 23.9. The van der Waals surface area contributed by atoms with Crippen molar-refractivity contribution in [1.29, 1.82) is 0 Å². The molecule has 2 aromatic carbocycles. The Balaban J connectivity index is 2.05. The zero-order valence-electron chi connectivity index (χ0n) is 21.7. The van der Waals surface area contributed by atoms with Gasteiger partial charge in [0.1, 0.15) is 17.3 Å². The molecule has 0 bridgehead atoms. The van der Waals surface area contributed by atoms with Gasteiger partial charge in [0.25, 0.3) is 0 Å². The minimum Gasteiger partial charge on any atom is -0.455 e. The molecule has 3 nitrogen and oxygen atoms in total. The van der Waals surface area contributed by atoms with Crippen molar-refractivity contribution >= 4 is 21.9 Å². The Bertz CT molecular complexity index is 1430. The van der Waals surface area contributed by atoms with Gasteiger partial charge < -0.3 is 4.42 Å². The minimum absolute atomic E-state index is 0.0176.